The molecule has 0 aliphatic heterocycles. The van der Waals surface area contributed by atoms with Crippen LogP contribution in [-0.4, -0.2) is 21.6 Å². The van der Waals surface area contributed by atoms with E-state index in [0.29, 0.717) is 0 Å². The number of nitrogens with zero attached hydrogens (tertiary/aromatic N) is 3. The van der Waals surface area contributed by atoms with E-state index in [2.05, 4.69) is 33.9 Å². The molecule has 0 unspecified atom stereocenters. The van der Waals surface area contributed by atoms with Gasteiger partial charge >= 0.3 is 0 Å². The van der Waals surface area contributed by atoms with Crippen LogP contribution in [0.5, 0.6) is 0 Å². The first-order chi connectivity index (χ1) is 9.35. The second kappa shape index (κ2) is 4.72. The molecule has 4 nitrogen and oxygen atoms in total. The SMILES string of the molecule is CCn1c(-c2ccccc2NC)nc2cnccc21. The van der Waals surface area contributed by atoms with E-state index in [-0.39, 0.29) is 0 Å². The molecule has 0 saturated heterocycles. The molecule has 0 atom stereocenters. The molecule has 96 valence electrons. The number of hydrogen-bond donors (Lipinski definition) is 1. The van der Waals surface area contributed by atoms with Crippen molar-refractivity contribution in [2.75, 3.05) is 12.4 Å². The minimum absolute atomic E-state index is 0.883. The van der Waals surface area contributed by atoms with Gasteiger partial charge in [-0.05, 0) is 25.1 Å². The van der Waals surface area contributed by atoms with Crippen LogP contribution >= 0.6 is 0 Å². The zero-order chi connectivity index (χ0) is 13.2. The normalized spacial score (nSPS) is 10.8. The Labute approximate surface area is 112 Å². The lowest BCUT2D eigenvalue weighted by molar-refractivity contribution is 0.796. The molecule has 19 heavy (non-hydrogen) atoms. The van der Waals surface area contributed by atoms with Gasteiger partial charge in [-0.25, -0.2) is 4.98 Å². The molecule has 2 aromatic heterocycles. The zero-order valence-electron chi connectivity index (χ0n) is 11.1. The molecule has 3 rings (SSSR count). The van der Waals surface area contributed by atoms with Crippen LogP contribution in [0.2, 0.25) is 0 Å². The number of aromatic nitrogens is 3. The van der Waals surface area contributed by atoms with Gasteiger partial charge in [0.15, 0.2) is 0 Å². The van der Waals surface area contributed by atoms with Gasteiger partial charge in [-0.15, -0.1) is 0 Å². The molecule has 1 N–H and O–H groups in total. The minimum atomic E-state index is 0.883. The van der Waals surface area contributed by atoms with Crippen LogP contribution in [-0.2, 0) is 6.54 Å². The molecule has 0 aliphatic carbocycles. The smallest absolute Gasteiger partial charge is 0.143 e. The zero-order valence-corrected chi connectivity index (χ0v) is 11.1. The molecule has 0 fully saturated rings. The number of anilines is 1. The van der Waals surface area contributed by atoms with Crippen LogP contribution in [0.4, 0.5) is 5.69 Å². The minimum Gasteiger partial charge on any atom is -0.388 e. The lowest BCUT2D eigenvalue weighted by Gasteiger charge is -2.10. The fraction of sp³-hybridized carbons (Fsp3) is 0.200. The van der Waals surface area contributed by atoms with E-state index >= 15 is 0 Å². The second-order valence-corrected chi connectivity index (χ2v) is 4.34. The molecule has 4 heteroatoms. The Hall–Kier alpha value is -2.36. The molecule has 3 aromatic rings. The van der Waals surface area contributed by atoms with Crippen molar-refractivity contribution in [1.82, 2.24) is 14.5 Å². The summed E-state index contributed by atoms with van der Waals surface area (Å²) >= 11 is 0. The number of benzene rings is 1. The fourth-order valence-electron chi connectivity index (χ4n) is 2.40. The summed E-state index contributed by atoms with van der Waals surface area (Å²) in [7, 11) is 1.93. The van der Waals surface area contributed by atoms with E-state index < -0.39 is 0 Å². The van der Waals surface area contributed by atoms with Crippen molar-refractivity contribution < 1.29 is 0 Å². The highest BCUT2D eigenvalue weighted by Gasteiger charge is 2.13. The Kier molecular flexibility index (Phi) is 2.91. The van der Waals surface area contributed by atoms with Crippen molar-refractivity contribution in [1.29, 1.82) is 0 Å². The molecule has 0 amide bonds. The fourth-order valence-corrected chi connectivity index (χ4v) is 2.40. The van der Waals surface area contributed by atoms with Gasteiger partial charge in [-0.1, -0.05) is 12.1 Å². The number of imidazole rings is 1. The molecule has 0 saturated carbocycles. The Morgan fingerprint density at radius 3 is 2.84 bits per heavy atom. The largest absolute Gasteiger partial charge is 0.388 e. The van der Waals surface area contributed by atoms with Crippen LogP contribution in [0.25, 0.3) is 22.4 Å². The van der Waals surface area contributed by atoms with Gasteiger partial charge in [-0.3, -0.25) is 4.98 Å². The van der Waals surface area contributed by atoms with Crippen LogP contribution in [0.1, 0.15) is 6.92 Å². The maximum atomic E-state index is 4.72. The molecule has 1 aromatic carbocycles. The monoisotopic (exact) mass is 252 g/mol. The Morgan fingerprint density at radius 1 is 1.21 bits per heavy atom. The van der Waals surface area contributed by atoms with E-state index in [1.807, 2.05) is 37.6 Å². The quantitative estimate of drug-likeness (QED) is 0.778. The summed E-state index contributed by atoms with van der Waals surface area (Å²) in [4.78, 5) is 8.87. The van der Waals surface area contributed by atoms with Crippen molar-refractivity contribution in [3.8, 4) is 11.4 Å². The first kappa shape index (κ1) is 11.7. The summed E-state index contributed by atoms with van der Waals surface area (Å²) < 4.78 is 2.22. The van der Waals surface area contributed by atoms with Crippen LogP contribution < -0.4 is 5.32 Å². The highest BCUT2D eigenvalue weighted by Crippen LogP contribution is 2.29. The molecular formula is C15H16N4. The number of hydrogen-bond acceptors (Lipinski definition) is 3. The third-order valence-electron chi connectivity index (χ3n) is 3.30. The topological polar surface area (TPSA) is 42.7 Å². The Morgan fingerprint density at radius 2 is 2.05 bits per heavy atom. The third-order valence-corrected chi connectivity index (χ3v) is 3.30. The van der Waals surface area contributed by atoms with Gasteiger partial charge in [0, 0.05) is 31.0 Å². The summed E-state index contributed by atoms with van der Waals surface area (Å²) in [6, 6.07) is 10.2. The highest BCUT2D eigenvalue weighted by atomic mass is 15.1. The van der Waals surface area contributed by atoms with E-state index in [4.69, 9.17) is 4.98 Å². The van der Waals surface area contributed by atoms with E-state index in [1.54, 1.807) is 0 Å². The Bertz CT molecular complexity index is 715. The molecule has 0 radical (unpaired) electrons. The molecule has 0 aliphatic rings. The lowest BCUT2D eigenvalue weighted by atomic mass is 10.1. The summed E-state index contributed by atoms with van der Waals surface area (Å²) in [6.07, 6.45) is 3.62. The summed E-state index contributed by atoms with van der Waals surface area (Å²) in [6.45, 7) is 3.01. The van der Waals surface area contributed by atoms with Gasteiger partial charge in [0.2, 0.25) is 0 Å². The number of aryl methyl sites for hydroxylation is 1. The number of nitrogens with one attached hydrogen (secondary N) is 1. The lowest BCUT2D eigenvalue weighted by Crippen LogP contribution is -2.00. The van der Waals surface area contributed by atoms with Crippen LogP contribution in [0, 0.1) is 0 Å². The van der Waals surface area contributed by atoms with Gasteiger partial charge in [0.05, 0.1) is 11.7 Å². The van der Waals surface area contributed by atoms with Crippen molar-refractivity contribution in [3.05, 3.63) is 42.7 Å². The maximum absolute atomic E-state index is 4.72. The van der Waals surface area contributed by atoms with Crippen molar-refractivity contribution in [2.24, 2.45) is 0 Å². The standard InChI is InChI=1S/C15H16N4/c1-3-19-14-8-9-17-10-13(14)18-15(19)11-6-4-5-7-12(11)16-2/h4-10,16H,3H2,1-2H3. The second-order valence-electron chi connectivity index (χ2n) is 4.34. The summed E-state index contributed by atoms with van der Waals surface area (Å²) in [5, 5.41) is 3.22. The molecule has 0 bridgehead atoms. The molecule has 0 spiro atoms. The highest BCUT2D eigenvalue weighted by molar-refractivity contribution is 5.83. The molecular weight excluding hydrogens is 236 g/mol. The summed E-state index contributed by atoms with van der Waals surface area (Å²) in [5.74, 6) is 0.982. The van der Waals surface area contributed by atoms with Gasteiger partial charge < -0.3 is 9.88 Å². The van der Waals surface area contributed by atoms with Crippen LogP contribution in [0.15, 0.2) is 42.7 Å². The van der Waals surface area contributed by atoms with Crippen LogP contribution in [0.3, 0.4) is 0 Å². The van der Waals surface area contributed by atoms with Crippen molar-refractivity contribution in [3.63, 3.8) is 0 Å². The predicted octanol–water partition coefficient (Wildman–Crippen LogP) is 3.16. The average molecular weight is 252 g/mol. The number of pyridine rings is 1. The first-order valence-corrected chi connectivity index (χ1v) is 6.42. The van der Waals surface area contributed by atoms with Gasteiger partial charge in [0.1, 0.15) is 11.3 Å². The maximum Gasteiger partial charge on any atom is 0.143 e. The van der Waals surface area contributed by atoms with Gasteiger partial charge in [0.25, 0.3) is 0 Å². The number of fused-ring (bicyclic) bond motifs is 1. The molecule has 2 heterocycles. The van der Waals surface area contributed by atoms with Crippen molar-refractivity contribution in [2.45, 2.75) is 13.5 Å². The number of rotatable bonds is 3. The predicted molar refractivity (Wildman–Crippen MR) is 78.2 cm³/mol. The summed E-state index contributed by atoms with van der Waals surface area (Å²) in [5.41, 5.74) is 4.26. The van der Waals surface area contributed by atoms with E-state index in [0.717, 1.165) is 34.7 Å². The van der Waals surface area contributed by atoms with E-state index in [9.17, 15) is 0 Å². The van der Waals surface area contributed by atoms with E-state index in [1.165, 1.54) is 0 Å². The Balaban J connectivity index is 2.30. The first-order valence-electron chi connectivity index (χ1n) is 6.42. The van der Waals surface area contributed by atoms with Gasteiger partial charge in [-0.2, -0.15) is 0 Å². The number of para-hydroxylation sites is 1. The van der Waals surface area contributed by atoms with Crippen molar-refractivity contribution >= 4 is 16.7 Å². The average Bonchev–Trinajstić information content (AvgIpc) is 2.85. The third kappa shape index (κ3) is 1.85.